The van der Waals surface area contributed by atoms with Gasteiger partial charge in [0.15, 0.2) is 0 Å². The minimum absolute atomic E-state index is 0. The molecule has 0 radical (unpaired) electrons. The molecule has 0 saturated heterocycles. The van der Waals surface area contributed by atoms with Crippen LogP contribution in [0, 0.1) is 6.58 Å². The standard InChI is InChI=1S/C5H7.C4H10O.Ti/c1-4-5(2)3;1-2-3-4-5;/h1,4H,2H2,3H3;5H,2-4H2,1H3;/q-1;;+2. The van der Waals surface area contributed by atoms with Crippen molar-refractivity contribution in [3.8, 4) is 0 Å². The first-order valence-corrected chi connectivity index (χ1v) is 3.50. The summed E-state index contributed by atoms with van der Waals surface area (Å²) < 4.78 is 0. The van der Waals surface area contributed by atoms with Crippen molar-refractivity contribution < 1.29 is 26.8 Å². The molecule has 0 aliphatic carbocycles. The van der Waals surface area contributed by atoms with Crippen molar-refractivity contribution in [2.24, 2.45) is 0 Å². The van der Waals surface area contributed by atoms with Crippen LogP contribution in [0.25, 0.3) is 0 Å². The van der Waals surface area contributed by atoms with Crippen LogP contribution < -0.4 is 0 Å². The SMILES string of the molecule is CCCCO.[CH-]=CC(=C)C.[Ti+2]. The van der Waals surface area contributed by atoms with Gasteiger partial charge in [-0.05, 0) is 6.42 Å². The summed E-state index contributed by atoms with van der Waals surface area (Å²) >= 11 is 0. The Morgan fingerprint density at radius 2 is 2.00 bits per heavy atom. The predicted octanol–water partition coefficient (Wildman–Crippen LogP) is 2.33. The van der Waals surface area contributed by atoms with Crippen LogP contribution in [0.15, 0.2) is 18.2 Å². The van der Waals surface area contributed by atoms with Gasteiger partial charge in [-0.25, -0.2) is 11.6 Å². The van der Waals surface area contributed by atoms with Crippen LogP contribution in [0.4, 0.5) is 0 Å². The normalized spacial score (nSPS) is 6.82. The molecule has 0 aliphatic heterocycles. The summed E-state index contributed by atoms with van der Waals surface area (Å²) in [4.78, 5) is 0. The summed E-state index contributed by atoms with van der Waals surface area (Å²) in [6, 6.07) is 0. The fraction of sp³-hybridized carbons (Fsp3) is 0.556. The molecule has 0 atom stereocenters. The minimum atomic E-state index is 0. The Morgan fingerprint density at radius 1 is 1.64 bits per heavy atom. The molecule has 0 aromatic carbocycles. The first-order chi connectivity index (χ1) is 4.68. The van der Waals surface area contributed by atoms with E-state index >= 15 is 0 Å². The molecule has 11 heavy (non-hydrogen) atoms. The first-order valence-electron chi connectivity index (χ1n) is 3.50. The number of rotatable bonds is 3. The van der Waals surface area contributed by atoms with Gasteiger partial charge in [-0.1, -0.05) is 13.3 Å². The van der Waals surface area contributed by atoms with Crippen LogP contribution in [-0.4, -0.2) is 11.7 Å². The molecule has 0 heterocycles. The fourth-order valence-corrected chi connectivity index (χ4v) is 0.158. The second-order valence-corrected chi connectivity index (χ2v) is 2.09. The number of aliphatic hydroxyl groups is 1. The summed E-state index contributed by atoms with van der Waals surface area (Å²) in [5, 5.41) is 8.07. The van der Waals surface area contributed by atoms with Crippen LogP contribution in [-0.2, 0) is 21.7 Å². The maximum atomic E-state index is 8.07. The summed E-state index contributed by atoms with van der Waals surface area (Å²) in [5.74, 6) is 0. The van der Waals surface area contributed by atoms with E-state index in [9.17, 15) is 0 Å². The molecule has 0 aromatic rings. The monoisotopic (exact) mass is 189 g/mol. The molecule has 0 aromatic heterocycles. The summed E-state index contributed by atoms with van der Waals surface area (Å²) in [5.41, 5.74) is 0.907. The second kappa shape index (κ2) is 16.6. The van der Waals surface area contributed by atoms with Crippen LogP contribution in [0.2, 0.25) is 0 Å². The number of aliphatic hydroxyl groups excluding tert-OH is 1. The molecule has 0 aliphatic rings. The van der Waals surface area contributed by atoms with E-state index in [-0.39, 0.29) is 21.7 Å². The van der Waals surface area contributed by atoms with Crippen molar-refractivity contribution in [2.45, 2.75) is 26.7 Å². The third-order valence-corrected chi connectivity index (χ3v) is 0.796. The van der Waals surface area contributed by atoms with Gasteiger partial charge < -0.3 is 5.11 Å². The molecule has 2 heteroatoms. The zero-order valence-electron chi connectivity index (χ0n) is 7.43. The van der Waals surface area contributed by atoms with Gasteiger partial charge in [-0.15, -0.1) is 6.92 Å². The third kappa shape index (κ3) is 39.1. The predicted molar refractivity (Wildman–Crippen MR) is 45.7 cm³/mol. The van der Waals surface area contributed by atoms with Gasteiger partial charge in [0.1, 0.15) is 0 Å². The van der Waals surface area contributed by atoms with E-state index in [1.807, 2.05) is 6.92 Å². The molecule has 0 unspecified atom stereocenters. The number of allylic oxidation sites excluding steroid dienone is 2. The van der Waals surface area contributed by atoms with Gasteiger partial charge in [0.25, 0.3) is 0 Å². The minimum Gasteiger partial charge on any atom is -0.396 e. The molecule has 0 rings (SSSR count). The van der Waals surface area contributed by atoms with Crippen molar-refractivity contribution >= 4 is 0 Å². The Morgan fingerprint density at radius 3 is 2.00 bits per heavy atom. The van der Waals surface area contributed by atoms with Crippen molar-refractivity contribution in [1.29, 1.82) is 0 Å². The van der Waals surface area contributed by atoms with E-state index in [0.29, 0.717) is 6.61 Å². The Hall–Kier alpha value is 0.154. The molecule has 0 spiro atoms. The first kappa shape index (κ1) is 17.3. The van der Waals surface area contributed by atoms with Crippen LogP contribution in [0.3, 0.4) is 0 Å². The summed E-state index contributed by atoms with van der Waals surface area (Å²) in [6.45, 7) is 12.7. The maximum Gasteiger partial charge on any atom is 2.00 e. The van der Waals surface area contributed by atoms with E-state index in [4.69, 9.17) is 11.7 Å². The van der Waals surface area contributed by atoms with E-state index in [2.05, 4.69) is 13.5 Å². The van der Waals surface area contributed by atoms with Crippen molar-refractivity contribution in [1.82, 2.24) is 0 Å². The molecule has 0 amide bonds. The molecule has 62 valence electrons. The quantitative estimate of drug-likeness (QED) is 0.410. The van der Waals surface area contributed by atoms with Gasteiger partial charge in [-0.3, -0.25) is 6.58 Å². The molecule has 1 nitrogen and oxygen atoms in total. The summed E-state index contributed by atoms with van der Waals surface area (Å²) in [6.07, 6.45) is 3.51. The van der Waals surface area contributed by atoms with Gasteiger partial charge in [-0.2, -0.15) is 6.58 Å². The van der Waals surface area contributed by atoms with E-state index < -0.39 is 0 Å². The Labute approximate surface area is 85.1 Å². The molecule has 0 fully saturated rings. The van der Waals surface area contributed by atoms with Gasteiger partial charge in [0.05, 0.1) is 0 Å². The Kier molecular flexibility index (Phi) is 26.1. The number of hydrogen-bond donors (Lipinski definition) is 1. The average Bonchev–Trinajstić information content (AvgIpc) is 1.91. The molecular weight excluding hydrogens is 172 g/mol. The van der Waals surface area contributed by atoms with Gasteiger partial charge in [0, 0.05) is 6.61 Å². The fourth-order valence-electron chi connectivity index (χ4n) is 0.158. The van der Waals surface area contributed by atoms with Crippen LogP contribution in [0.5, 0.6) is 0 Å². The Balaban J connectivity index is -0.000000107. The summed E-state index contributed by atoms with van der Waals surface area (Å²) in [7, 11) is 0. The molecule has 0 bridgehead atoms. The third-order valence-electron chi connectivity index (χ3n) is 0.796. The second-order valence-electron chi connectivity index (χ2n) is 2.09. The number of unbranched alkanes of at least 4 members (excludes halogenated alkanes) is 1. The zero-order valence-corrected chi connectivity index (χ0v) is 8.99. The number of hydrogen-bond acceptors (Lipinski definition) is 1. The van der Waals surface area contributed by atoms with Crippen LogP contribution in [0.1, 0.15) is 26.7 Å². The van der Waals surface area contributed by atoms with E-state index in [0.717, 1.165) is 18.4 Å². The molecular formula is C9H17OTi+. The topological polar surface area (TPSA) is 20.2 Å². The Bertz CT molecular complexity index is 87.6. The largest absolute Gasteiger partial charge is 2.00 e. The van der Waals surface area contributed by atoms with Gasteiger partial charge >= 0.3 is 21.7 Å². The van der Waals surface area contributed by atoms with Gasteiger partial charge in [0.2, 0.25) is 0 Å². The molecule has 0 saturated carbocycles. The van der Waals surface area contributed by atoms with E-state index in [1.54, 1.807) is 0 Å². The maximum absolute atomic E-state index is 8.07. The zero-order chi connectivity index (χ0) is 8.41. The van der Waals surface area contributed by atoms with E-state index in [1.165, 1.54) is 6.08 Å². The molecule has 1 N–H and O–H groups in total. The average molecular weight is 189 g/mol. The smallest absolute Gasteiger partial charge is 0.396 e. The van der Waals surface area contributed by atoms with Crippen molar-refractivity contribution in [3.05, 3.63) is 24.8 Å². The van der Waals surface area contributed by atoms with Crippen molar-refractivity contribution in [3.63, 3.8) is 0 Å². The van der Waals surface area contributed by atoms with Crippen LogP contribution >= 0.6 is 0 Å². The van der Waals surface area contributed by atoms with Crippen molar-refractivity contribution in [2.75, 3.05) is 6.61 Å².